The number of rotatable bonds is 5. The summed E-state index contributed by atoms with van der Waals surface area (Å²) in [6, 6.07) is 9.66. The van der Waals surface area contributed by atoms with Gasteiger partial charge in [0.15, 0.2) is 11.6 Å². The first-order valence-electron chi connectivity index (χ1n) is 8.49. The van der Waals surface area contributed by atoms with Gasteiger partial charge >= 0.3 is 0 Å². The number of pyridine rings is 1. The Morgan fingerprint density at radius 3 is 2.96 bits per heavy atom. The van der Waals surface area contributed by atoms with E-state index < -0.39 is 5.82 Å². The van der Waals surface area contributed by atoms with E-state index >= 15 is 0 Å². The smallest absolute Gasteiger partial charge is 0.237 e. The Hall–Kier alpha value is -2.47. The summed E-state index contributed by atoms with van der Waals surface area (Å²) in [7, 11) is 1.97. The maximum atomic E-state index is 13.8. The number of hydrogen-bond acceptors (Lipinski definition) is 4. The zero-order chi connectivity index (χ0) is 17.6. The molecule has 1 atom stereocenters. The van der Waals surface area contributed by atoms with Crippen LogP contribution in [0.4, 0.5) is 4.39 Å². The predicted octanol–water partition coefficient (Wildman–Crippen LogP) is 3.11. The topological polar surface area (TPSA) is 54.5 Å². The van der Waals surface area contributed by atoms with E-state index in [9.17, 15) is 9.18 Å². The SMILES string of the molecule is CN1CCCCC1C(=O)NCc1cccnc1Oc1ccccc1F. The molecule has 132 valence electrons. The zero-order valence-corrected chi connectivity index (χ0v) is 14.2. The summed E-state index contributed by atoms with van der Waals surface area (Å²) in [5.41, 5.74) is 0.706. The molecule has 0 spiro atoms. The van der Waals surface area contributed by atoms with E-state index in [1.165, 1.54) is 6.07 Å². The molecule has 1 aromatic carbocycles. The predicted molar refractivity (Wildman–Crippen MR) is 92.8 cm³/mol. The van der Waals surface area contributed by atoms with Gasteiger partial charge in [0, 0.05) is 18.3 Å². The number of nitrogens with one attached hydrogen (secondary N) is 1. The van der Waals surface area contributed by atoms with Crippen LogP contribution < -0.4 is 10.1 Å². The highest BCUT2D eigenvalue weighted by molar-refractivity contribution is 5.81. The van der Waals surface area contributed by atoms with Crippen molar-refractivity contribution in [1.29, 1.82) is 0 Å². The van der Waals surface area contributed by atoms with Crippen molar-refractivity contribution in [3.8, 4) is 11.6 Å². The van der Waals surface area contributed by atoms with Crippen molar-refractivity contribution in [2.24, 2.45) is 0 Å². The third-order valence-corrected chi connectivity index (χ3v) is 4.42. The number of amides is 1. The van der Waals surface area contributed by atoms with Gasteiger partial charge in [0.2, 0.25) is 11.8 Å². The fraction of sp³-hybridized carbons (Fsp3) is 0.368. The second kappa shape index (κ2) is 8.07. The van der Waals surface area contributed by atoms with Gasteiger partial charge < -0.3 is 10.1 Å². The van der Waals surface area contributed by atoms with Crippen LogP contribution in [0.3, 0.4) is 0 Å². The molecule has 0 saturated carbocycles. The Kier molecular flexibility index (Phi) is 5.60. The van der Waals surface area contributed by atoms with Crippen LogP contribution in [-0.2, 0) is 11.3 Å². The van der Waals surface area contributed by atoms with Crippen LogP contribution in [0.1, 0.15) is 24.8 Å². The summed E-state index contributed by atoms with van der Waals surface area (Å²) in [6.45, 7) is 1.23. The second-order valence-electron chi connectivity index (χ2n) is 6.21. The molecule has 0 bridgehead atoms. The molecule has 2 aromatic rings. The van der Waals surface area contributed by atoms with Gasteiger partial charge in [-0.15, -0.1) is 0 Å². The molecule has 6 heteroatoms. The van der Waals surface area contributed by atoms with Gasteiger partial charge in [-0.05, 0) is 44.6 Å². The van der Waals surface area contributed by atoms with Gasteiger partial charge in [0.05, 0.1) is 6.04 Å². The Bertz CT molecular complexity index is 738. The number of ether oxygens (including phenoxy) is 1. The highest BCUT2D eigenvalue weighted by Gasteiger charge is 2.25. The molecule has 1 aromatic heterocycles. The van der Waals surface area contributed by atoms with Gasteiger partial charge in [-0.25, -0.2) is 9.37 Å². The van der Waals surface area contributed by atoms with Gasteiger partial charge in [-0.2, -0.15) is 0 Å². The van der Waals surface area contributed by atoms with Crippen LogP contribution in [0.2, 0.25) is 0 Å². The van der Waals surface area contributed by atoms with E-state index in [1.807, 2.05) is 13.1 Å². The maximum absolute atomic E-state index is 13.8. The number of carbonyl (C=O) groups excluding carboxylic acids is 1. The Morgan fingerprint density at radius 1 is 1.32 bits per heavy atom. The van der Waals surface area contributed by atoms with Gasteiger partial charge in [0.25, 0.3) is 0 Å². The van der Waals surface area contributed by atoms with Crippen molar-refractivity contribution in [3.05, 3.63) is 54.0 Å². The van der Waals surface area contributed by atoms with Gasteiger partial charge in [0.1, 0.15) is 0 Å². The van der Waals surface area contributed by atoms with Crippen molar-refractivity contribution in [2.45, 2.75) is 31.8 Å². The first-order valence-corrected chi connectivity index (χ1v) is 8.49. The molecule has 5 nitrogen and oxygen atoms in total. The monoisotopic (exact) mass is 343 g/mol. The zero-order valence-electron chi connectivity index (χ0n) is 14.2. The fourth-order valence-corrected chi connectivity index (χ4v) is 2.99. The molecule has 1 saturated heterocycles. The number of likely N-dealkylation sites (tertiary alicyclic amines) is 1. The number of benzene rings is 1. The van der Waals surface area contributed by atoms with Crippen LogP contribution in [0.5, 0.6) is 11.6 Å². The molecule has 25 heavy (non-hydrogen) atoms. The fourth-order valence-electron chi connectivity index (χ4n) is 2.99. The number of piperidine rings is 1. The highest BCUT2D eigenvalue weighted by atomic mass is 19.1. The van der Waals surface area contributed by atoms with Crippen LogP contribution in [0, 0.1) is 5.82 Å². The Balaban J connectivity index is 1.67. The minimum Gasteiger partial charge on any atom is -0.436 e. The van der Waals surface area contributed by atoms with Crippen molar-refractivity contribution >= 4 is 5.91 Å². The Labute approximate surface area is 146 Å². The molecule has 1 fully saturated rings. The molecule has 2 heterocycles. The van der Waals surface area contributed by atoms with Crippen molar-refractivity contribution in [3.63, 3.8) is 0 Å². The van der Waals surface area contributed by atoms with E-state index in [1.54, 1.807) is 30.5 Å². The van der Waals surface area contributed by atoms with E-state index in [0.717, 1.165) is 25.8 Å². The number of halogens is 1. The quantitative estimate of drug-likeness (QED) is 0.906. The molecular formula is C19H22FN3O2. The van der Waals surface area contributed by atoms with E-state index in [2.05, 4.69) is 15.2 Å². The Morgan fingerprint density at radius 2 is 2.16 bits per heavy atom. The number of aromatic nitrogens is 1. The lowest BCUT2D eigenvalue weighted by Crippen LogP contribution is -2.47. The van der Waals surface area contributed by atoms with Gasteiger partial charge in [-0.1, -0.05) is 24.6 Å². The largest absolute Gasteiger partial charge is 0.436 e. The molecule has 1 amide bonds. The molecular weight excluding hydrogens is 321 g/mol. The first-order chi connectivity index (χ1) is 12.1. The maximum Gasteiger partial charge on any atom is 0.237 e. The van der Waals surface area contributed by atoms with Crippen LogP contribution in [-0.4, -0.2) is 35.4 Å². The van der Waals surface area contributed by atoms with Gasteiger partial charge in [-0.3, -0.25) is 9.69 Å². The summed E-state index contributed by atoms with van der Waals surface area (Å²) in [5, 5.41) is 2.95. The molecule has 1 aliphatic rings. The minimum atomic E-state index is -0.452. The summed E-state index contributed by atoms with van der Waals surface area (Å²) in [4.78, 5) is 18.7. The highest BCUT2D eigenvalue weighted by Crippen LogP contribution is 2.25. The molecule has 1 aliphatic heterocycles. The summed E-state index contributed by atoms with van der Waals surface area (Å²) in [6.07, 6.45) is 4.64. The van der Waals surface area contributed by atoms with Crippen molar-refractivity contribution in [2.75, 3.05) is 13.6 Å². The third-order valence-electron chi connectivity index (χ3n) is 4.42. The van der Waals surface area contributed by atoms with E-state index in [0.29, 0.717) is 18.0 Å². The lowest BCUT2D eigenvalue weighted by atomic mass is 10.0. The lowest BCUT2D eigenvalue weighted by molar-refractivity contribution is -0.127. The third kappa shape index (κ3) is 4.33. The number of nitrogens with zero attached hydrogens (tertiary/aromatic N) is 2. The van der Waals surface area contributed by atoms with Crippen LogP contribution in [0.25, 0.3) is 0 Å². The number of hydrogen-bond donors (Lipinski definition) is 1. The first kappa shape index (κ1) is 17.4. The van der Waals surface area contributed by atoms with E-state index in [4.69, 9.17) is 4.74 Å². The van der Waals surface area contributed by atoms with Crippen molar-refractivity contribution in [1.82, 2.24) is 15.2 Å². The van der Waals surface area contributed by atoms with Crippen molar-refractivity contribution < 1.29 is 13.9 Å². The normalized spacial score (nSPS) is 17.9. The molecule has 0 aliphatic carbocycles. The average molecular weight is 343 g/mol. The lowest BCUT2D eigenvalue weighted by Gasteiger charge is -2.31. The van der Waals surface area contributed by atoms with Crippen LogP contribution >= 0.6 is 0 Å². The minimum absolute atomic E-state index is 0.00268. The summed E-state index contributed by atoms with van der Waals surface area (Å²) in [5.74, 6) is -0.0412. The number of para-hydroxylation sites is 1. The average Bonchev–Trinajstić information content (AvgIpc) is 2.63. The standard InChI is InChI=1S/C19H22FN3O2/c1-23-12-5-4-9-16(23)18(24)22-13-14-7-6-11-21-19(14)25-17-10-3-2-8-15(17)20/h2-3,6-8,10-11,16H,4-5,9,12-13H2,1H3,(H,22,24). The number of carbonyl (C=O) groups is 1. The van der Waals surface area contributed by atoms with E-state index in [-0.39, 0.29) is 17.7 Å². The summed E-state index contributed by atoms with van der Waals surface area (Å²) < 4.78 is 19.4. The molecule has 3 rings (SSSR count). The molecule has 1 unspecified atom stereocenters. The summed E-state index contributed by atoms with van der Waals surface area (Å²) >= 11 is 0. The van der Waals surface area contributed by atoms with Crippen LogP contribution in [0.15, 0.2) is 42.6 Å². The number of likely N-dealkylation sites (N-methyl/N-ethyl adjacent to an activating group) is 1. The second-order valence-corrected chi connectivity index (χ2v) is 6.21. The molecule has 1 N–H and O–H groups in total. The molecule has 0 radical (unpaired) electrons.